The number of carbonyl (C=O) groups excluding carboxylic acids is 1. The van der Waals surface area contributed by atoms with Crippen LogP contribution in [0.3, 0.4) is 0 Å². The maximum Gasteiger partial charge on any atom is 0.221 e. The van der Waals surface area contributed by atoms with Crippen LogP contribution < -0.4 is 10.1 Å². The number of ether oxygens (including phenoxy) is 1. The largest absolute Gasteiger partial charge is 0.485 e. The Morgan fingerprint density at radius 1 is 1.22 bits per heavy atom. The molecule has 126 valence electrons. The van der Waals surface area contributed by atoms with Crippen molar-refractivity contribution in [2.24, 2.45) is 0 Å². The maximum absolute atomic E-state index is 13.5. The van der Waals surface area contributed by atoms with Crippen LogP contribution in [-0.2, 0) is 4.79 Å². The van der Waals surface area contributed by atoms with Gasteiger partial charge in [-0.15, -0.1) is 0 Å². The monoisotopic (exact) mass is 320 g/mol. The number of nitrogens with one attached hydrogen (secondary N) is 1. The van der Waals surface area contributed by atoms with Crippen molar-refractivity contribution in [3.8, 4) is 5.75 Å². The second-order valence-electron chi connectivity index (χ2n) is 6.58. The lowest BCUT2D eigenvalue weighted by Gasteiger charge is -2.39. The van der Waals surface area contributed by atoms with Crippen LogP contribution in [0.5, 0.6) is 5.75 Å². The minimum atomic E-state index is -0.321. The molecular weight excluding hydrogens is 295 g/mol. The van der Waals surface area contributed by atoms with Gasteiger partial charge in [0, 0.05) is 32.1 Å². The molecule has 1 saturated carbocycles. The van der Waals surface area contributed by atoms with Gasteiger partial charge in [0.1, 0.15) is 6.10 Å². The van der Waals surface area contributed by atoms with Gasteiger partial charge in [-0.1, -0.05) is 31.4 Å². The third-order valence-electron chi connectivity index (χ3n) is 4.68. The highest BCUT2D eigenvalue weighted by molar-refractivity contribution is 5.76. The Kier molecular flexibility index (Phi) is 5.49. The Morgan fingerprint density at radius 3 is 2.70 bits per heavy atom. The molecule has 3 rings (SSSR count). The molecule has 1 aliphatic carbocycles. The summed E-state index contributed by atoms with van der Waals surface area (Å²) in [7, 11) is 0. The van der Waals surface area contributed by atoms with Crippen LogP contribution in [0.4, 0.5) is 4.39 Å². The van der Waals surface area contributed by atoms with Crippen molar-refractivity contribution in [3.63, 3.8) is 0 Å². The smallest absolute Gasteiger partial charge is 0.221 e. The van der Waals surface area contributed by atoms with E-state index in [9.17, 15) is 9.18 Å². The van der Waals surface area contributed by atoms with E-state index in [2.05, 4.69) is 10.2 Å². The molecule has 0 spiro atoms. The Bertz CT molecular complexity index is 526. The van der Waals surface area contributed by atoms with Gasteiger partial charge in [-0.25, -0.2) is 4.39 Å². The van der Waals surface area contributed by atoms with E-state index in [0.29, 0.717) is 18.2 Å². The van der Waals surface area contributed by atoms with Gasteiger partial charge in [0.25, 0.3) is 0 Å². The van der Waals surface area contributed by atoms with Crippen LogP contribution in [0.2, 0.25) is 0 Å². The number of rotatable bonds is 6. The molecule has 0 aromatic heterocycles. The van der Waals surface area contributed by atoms with E-state index < -0.39 is 0 Å². The number of likely N-dealkylation sites (tertiary alicyclic amines) is 1. The Balaban J connectivity index is 1.31. The van der Waals surface area contributed by atoms with Gasteiger partial charge < -0.3 is 10.1 Å². The molecule has 1 aliphatic heterocycles. The van der Waals surface area contributed by atoms with Crippen LogP contribution in [-0.4, -0.2) is 42.6 Å². The molecule has 1 amide bonds. The molecular formula is C18H25FN2O2. The number of hydrogen-bond acceptors (Lipinski definition) is 3. The lowest BCUT2D eigenvalue weighted by molar-refractivity contribution is -0.122. The normalized spacial score (nSPS) is 20.0. The fourth-order valence-corrected chi connectivity index (χ4v) is 3.31. The van der Waals surface area contributed by atoms with E-state index in [1.165, 1.54) is 25.3 Å². The first kappa shape index (κ1) is 16.2. The molecule has 0 radical (unpaired) electrons. The number of nitrogens with zero attached hydrogens (tertiary/aromatic N) is 1. The third kappa shape index (κ3) is 4.67. The molecule has 2 fully saturated rings. The molecule has 23 heavy (non-hydrogen) atoms. The van der Waals surface area contributed by atoms with Crippen molar-refractivity contribution >= 4 is 5.91 Å². The molecule has 1 N–H and O–H groups in total. The summed E-state index contributed by atoms with van der Waals surface area (Å²) in [6, 6.07) is 6.85. The molecule has 4 nitrogen and oxygen atoms in total. The number of para-hydroxylation sites is 1. The first-order valence-electron chi connectivity index (χ1n) is 8.63. The van der Waals surface area contributed by atoms with Gasteiger partial charge in [-0.05, 0) is 25.0 Å². The van der Waals surface area contributed by atoms with Crippen LogP contribution in [0.1, 0.15) is 38.5 Å². The predicted molar refractivity (Wildman–Crippen MR) is 86.9 cm³/mol. The van der Waals surface area contributed by atoms with Crippen molar-refractivity contribution < 1.29 is 13.9 Å². The molecule has 5 heteroatoms. The average Bonchev–Trinajstić information content (AvgIpc) is 2.52. The minimum absolute atomic E-state index is 0.0216. The van der Waals surface area contributed by atoms with Crippen molar-refractivity contribution in [2.45, 2.75) is 50.7 Å². The van der Waals surface area contributed by atoms with Gasteiger partial charge in [-0.2, -0.15) is 0 Å². The lowest BCUT2D eigenvalue weighted by Crippen LogP contribution is -2.54. The van der Waals surface area contributed by atoms with E-state index in [1.807, 2.05) is 0 Å². The van der Waals surface area contributed by atoms with Gasteiger partial charge in [0.15, 0.2) is 11.6 Å². The van der Waals surface area contributed by atoms with Crippen molar-refractivity contribution in [1.29, 1.82) is 0 Å². The summed E-state index contributed by atoms with van der Waals surface area (Å²) >= 11 is 0. The molecule has 2 aliphatic rings. The fraction of sp³-hybridized carbons (Fsp3) is 0.611. The maximum atomic E-state index is 13.5. The zero-order valence-corrected chi connectivity index (χ0v) is 13.5. The van der Waals surface area contributed by atoms with E-state index in [4.69, 9.17) is 4.74 Å². The summed E-state index contributed by atoms with van der Waals surface area (Å²) in [5.41, 5.74) is 0. The van der Waals surface area contributed by atoms with E-state index in [0.717, 1.165) is 32.5 Å². The van der Waals surface area contributed by atoms with Crippen LogP contribution in [0, 0.1) is 5.82 Å². The number of carbonyl (C=O) groups is 1. The number of halogens is 1. The molecule has 1 aromatic rings. The summed E-state index contributed by atoms with van der Waals surface area (Å²) in [6.45, 7) is 2.26. The standard InChI is InChI=1S/C18H25FN2O2/c19-16-8-4-5-9-17(16)23-15-12-21(13-15)11-10-18(22)20-14-6-2-1-3-7-14/h4-5,8-9,14-15H,1-3,6-7,10-13H2,(H,20,22). The lowest BCUT2D eigenvalue weighted by atomic mass is 9.95. The zero-order chi connectivity index (χ0) is 16.1. The Morgan fingerprint density at radius 2 is 1.96 bits per heavy atom. The first-order chi connectivity index (χ1) is 11.2. The van der Waals surface area contributed by atoms with Crippen LogP contribution in [0.15, 0.2) is 24.3 Å². The minimum Gasteiger partial charge on any atom is -0.485 e. The summed E-state index contributed by atoms with van der Waals surface area (Å²) in [6.07, 6.45) is 6.54. The molecule has 0 unspecified atom stereocenters. The molecule has 0 bridgehead atoms. The molecule has 1 aromatic carbocycles. The van der Waals surface area contributed by atoms with Gasteiger partial charge in [0.2, 0.25) is 5.91 Å². The van der Waals surface area contributed by atoms with Gasteiger partial charge in [-0.3, -0.25) is 9.69 Å². The predicted octanol–water partition coefficient (Wildman–Crippen LogP) is 2.73. The summed E-state index contributed by atoms with van der Waals surface area (Å²) in [5.74, 6) is 0.139. The molecule has 1 heterocycles. The zero-order valence-electron chi connectivity index (χ0n) is 13.5. The second-order valence-corrected chi connectivity index (χ2v) is 6.58. The van der Waals surface area contributed by atoms with Crippen LogP contribution >= 0.6 is 0 Å². The van der Waals surface area contributed by atoms with Gasteiger partial charge in [0.05, 0.1) is 0 Å². The van der Waals surface area contributed by atoms with Crippen molar-refractivity contribution in [3.05, 3.63) is 30.1 Å². The molecule has 0 atom stereocenters. The third-order valence-corrected chi connectivity index (χ3v) is 4.68. The molecule has 1 saturated heterocycles. The van der Waals surface area contributed by atoms with Crippen molar-refractivity contribution in [2.75, 3.05) is 19.6 Å². The highest BCUT2D eigenvalue weighted by Crippen LogP contribution is 2.21. The van der Waals surface area contributed by atoms with E-state index >= 15 is 0 Å². The average molecular weight is 320 g/mol. The second kappa shape index (κ2) is 7.77. The topological polar surface area (TPSA) is 41.6 Å². The first-order valence-corrected chi connectivity index (χ1v) is 8.63. The quantitative estimate of drug-likeness (QED) is 0.876. The Hall–Kier alpha value is -1.62. The summed E-state index contributed by atoms with van der Waals surface area (Å²) in [5, 5.41) is 3.13. The van der Waals surface area contributed by atoms with Crippen LogP contribution in [0.25, 0.3) is 0 Å². The summed E-state index contributed by atoms with van der Waals surface area (Å²) in [4.78, 5) is 14.1. The number of hydrogen-bond donors (Lipinski definition) is 1. The van der Waals surface area contributed by atoms with E-state index in [1.54, 1.807) is 18.2 Å². The Labute approximate surface area is 137 Å². The highest BCUT2D eigenvalue weighted by Gasteiger charge is 2.29. The van der Waals surface area contributed by atoms with E-state index in [-0.39, 0.29) is 17.8 Å². The number of benzene rings is 1. The van der Waals surface area contributed by atoms with Crippen molar-refractivity contribution in [1.82, 2.24) is 10.2 Å². The summed E-state index contributed by atoms with van der Waals surface area (Å²) < 4.78 is 19.1. The highest BCUT2D eigenvalue weighted by atomic mass is 19.1. The number of amides is 1. The van der Waals surface area contributed by atoms with Gasteiger partial charge >= 0.3 is 0 Å². The fourth-order valence-electron chi connectivity index (χ4n) is 3.31. The SMILES string of the molecule is O=C(CCN1CC(Oc2ccccc2F)C1)NC1CCCCC1.